The summed E-state index contributed by atoms with van der Waals surface area (Å²) in [4.78, 5) is 0. The minimum Gasteiger partial charge on any atom is -0.326 e. The van der Waals surface area contributed by atoms with Gasteiger partial charge in [0.15, 0.2) is 0 Å². The molecule has 1 rings (SSSR count). The molecule has 54 valence electrons. The zero-order valence-electron chi connectivity index (χ0n) is 5.68. The molecule has 0 spiro atoms. The first-order valence-corrected chi connectivity index (χ1v) is 3.21. The number of benzene rings is 1. The van der Waals surface area contributed by atoms with E-state index in [-0.39, 0.29) is 0 Å². The zero-order chi connectivity index (χ0) is 7.40. The van der Waals surface area contributed by atoms with Crippen LogP contribution in [0.4, 0.5) is 4.39 Å². The molecule has 0 radical (unpaired) electrons. The van der Waals surface area contributed by atoms with E-state index in [9.17, 15) is 4.39 Å². The molecule has 0 aliphatic rings. The van der Waals surface area contributed by atoms with E-state index in [1.807, 2.05) is 18.2 Å². The molecule has 0 atom stereocenters. The summed E-state index contributed by atoms with van der Waals surface area (Å²) in [5.74, 6) is 0. The van der Waals surface area contributed by atoms with Crippen LogP contribution in [0.5, 0.6) is 0 Å². The van der Waals surface area contributed by atoms with Gasteiger partial charge in [0.25, 0.3) is 0 Å². The third-order valence-electron chi connectivity index (χ3n) is 1.48. The van der Waals surface area contributed by atoms with E-state index in [0.717, 1.165) is 5.56 Å². The first-order valence-electron chi connectivity index (χ1n) is 3.21. The Morgan fingerprint density at radius 2 is 1.80 bits per heavy atom. The minimum atomic E-state index is -0.423. The predicted octanol–water partition coefficient (Wildman–Crippen LogP) is 1.61. The Hall–Kier alpha value is -0.890. The maximum atomic E-state index is 12.1. The molecule has 0 fully saturated rings. The van der Waals surface area contributed by atoms with Crippen molar-refractivity contribution in [3.05, 3.63) is 35.4 Å². The monoisotopic (exact) mass is 139 g/mol. The average Bonchev–Trinajstić information content (AvgIpc) is 2.04. The fourth-order valence-electron chi connectivity index (χ4n) is 0.887. The van der Waals surface area contributed by atoms with Crippen LogP contribution in [-0.4, -0.2) is 0 Å². The van der Waals surface area contributed by atoms with Crippen molar-refractivity contribution in [3.8, 4) is 0 Å². The summed E-state index contributed by atoms with van der Waals surface area (Å²) in [5.41, 5.74) is 6.95. The highest BCUT2D eigenvalue weighted by Crippen LogP contribution is 2.08. The Labute approximate surface area is 59.7 Å². The number of hydrogen-bond donors (Lipinski definition) is 1. The molecule has 0 bridgehead atoms. The normalized spacial score (nSPS) is 9.80. The highest BCUT2D eigenvalue weighted by Gasteiger charge is 1.96. The molecule has 0 amide bonds. The van der Waals surface area contributed by atoms with Crippen LogP contribution >= 0.6 is 0 Å². The Bertz CT molecular complexity index is 187. The van der Waals surface area contributed by atoms with Gasteiger partial charge in [-0.05, 0) is 11.1 Å². The molecule has 1 nitrogen and oxygen atoms in total. The van der Waals surface area contributed by atoms with Crippen molar-refractivity contribution < 1.29 is 4.39 Å². The Morgan fingerprint density at radius 1 is 1.20 bits per heavy atom. The summed E-state index contributed by atoms with van der Waals surface area (Å²) < 4.78 is 12.1. The van der Waals surface area contributed by atoms with Crippen molar-refractivity contribution >= 4 is 0 Å². The lowest BCUT2D eigenvalue weighted by molar-refractivity contribution is 0.482. The van der Waals surface area contributed by atoms with Crippen LogP contribution in [0.1, 0.15) is 11.1 Å². The van der Waals surface area contributed by atoms with Crippen LogP contribution in [0.3, 0.4) is 0 Å². The van der Waals surface area contributed by atoms with E-state index in [1.54, 1.807) is 6.07 Å². The lowest BCUT2D eigenvalue weighted by Gasteiger charge is -2.00. The van der Waals surface area contributed by atoms with Gasteiger partial charge >= 0.3 is 0 Å². The van der Waals surface area contributed by atoms with Crippen LogP contribution in [-0.2, 0) is 13.2 Å². The van der Waals surface area contributed by atoms with Gasteiger partial charge in [-0.25, -0.2) is 4.39 Å². The summed E-state index contributed by atoms with van der Waals surface area (Å²) in [6, 6.07) is 7.27. The molecule has 0 aromatic heterocycles. The van der Waals surface area contributed by atoms with Gasteiger partial charge in [0.1, 0.15) is 6.67 Å². The first kappa shape index (κ1) is 7.22. The maximum Gasteiger partial charge on any atom is 0.115 e. The highest BCUT2D eigenvalue weighted by molar-refractivity contribution is 5.25. The summed E-state index contributed by atoms with van der Waals surface area (Å²) in [7, 11) is 0. The summed E-state index contributed by atoms with van der Waals surface area (Å²) >= 11 is 0. The van der Waals surface area contributed by atoms with E-state index < -0.39 is 6.67 Å². The smallest absolute Gasteiger partial charge is 0.115 e. The van der Waals surface area contributed by atoms with E-state index in [1.165, 1.54) is 0 Å². The Balaban J connectivity index is 2.96. The van der Waals surface area contributed by atoms with Crippen LogP contribution in [0.25, 0.3) is 0 Å². The van der Waals surface area contributed by atoms with Crippen LogP contribution < -0.4 is 5.73 Å². The fraction of sp³-hybridized carbons (Fsp3) is 0.250. The minimum absolute atomic E-state index is 0.417. The fourth-order valence-corrected chi connectivity index (χ4v) is 0.887. The molecule has 0 saturated heterocycles. The van der Waals surface area contributed by atoms with Gasteiger partial charge in [-0.1, -0.05) is 24.3 Å². The van der Waals surface area contributed by atoms with E-state index in [2.05, 4.69) is 0 Å². The van der Waals surface area contributed by atoms with Crippen LogP contribution in [0.15, 0.2) is 24.3 Å². The first-order chi connectivity index (χ1) is 4.88. The molecular formula is C8H10FN. The molecule has 2 heteroatoms. The van der Waals surface area contributed by atoms with Crippen molar-refractivity contribution in [2.24, 2.45) is 5.73 Å². The predicted molar refractivity (Wildman–Crippen MR) is 39.1 cm³/mol. The van der Waals surface area contributed by atoms with Gasteiger partial charge in [-0.15, -0.1) is 0 Å². The zero-order valence-corrected chi connectivity index (χ0v) is 5.68. The molecule has 0 aliphatic carbocycles. The molecule has 1 aromatic rings. The molecule has 2 N–H and O–H groups in total. The van der Waals surface area contributed by atoms with Gasteiger partial charge < -0.3 is 5.73 Å². The van der Waals surface area contributed by atoms with Crippen molar-refractivity contribution in [2.45, 2.75) is 13.2 Å². The second-order valence-electron chi connectivity index (χ2n) is 2.11. The topological polar surface area (TPSA) is 26.0 Å². The third-order valence-corrected chi connectivity index (χ3v) is 1.48. The van der Waals surface area contributed by atoms with Gasteiger partial charge in [-0.2, -0.15) is 0 Å². The van der Waals surface area contributed by atoms with Crippen LogP contribution in [0, 0.1) is 0 Å². The van der Waals surface area contributed by atoms with Crippen LogP contribution in [0.2, 0.25) is 0 Å². The highest BCUT2D eigenvalue weighted by atomic mass is 19.1. The summed E-state index contributed by atoms with van der Waals surface area (Å²) in [6.45, 7) is -0.00648. The van der Waals surface area contributed by atoms with Gasteiger partial charge in [-0.3, -0.25) is 0 Å². The molecule has 0 saturated carbocycles. The van der Waals surface area contributed by atoms with Gasteiger partial charge in [0.2, 0.25) is 0 Å². The number of rotatable bonds is 2. The Morgan fingerprint density at radius 3 is 2.20 bits per heavy atom. The van der Waals surface area contributed by atoms with Crippen molar-refractivity contribution in [2.75, 3.05) is 0 Å². The molecule has 0 heterocycles. The standard InChI is InChI=1S/C8H10FN/c9-5-7-3-1-2-4-8(7)6-10/h1-4H,5-6,10H2. The molecular weight excluding hydrogens is 129 g/mol. The van der Waals surface area contributed by atoms with E-state index in [0.29, 0.717) is 12.1 Å². The maximum absolute atomic E-state index is 12.1. The quantitative estimate of drug-likeness (QED) is 0.662. The number of nitrogens with two attached hydrogens (primary N) is 1. The summed E-state index contributed by atoms with van der Waals surface area (Å²) in [6.07, 6.45) is 0. The van der Waals surface area contributed by atoms with Crippen molar-refractivity contribution in [1.29, 1.82) is 0 Å². The lowest BCUT2D eigenvalue weighted by atomic mass is 10.1. The van der Waals surface area contributed by atoms with Gasteiger partial charge in [0.05, 0.1) is 0 Å². The van der Waals surface area contributed by atoms with Crippen molar-refractivity contribution in [1.82, 2.24) is 0 Å². The SMILES string of the molecule is NCc1ccccc1CF. The van der Waals surface area contributed by atoms with Gasteiger partial charge in [0, 0.05) is 6.54 Å². The molecule has 1 aromatic carbocycles. The second-order valence-corrected chi connectivity index (χ2v) is 2.11. The van der Waals surface area contributed by atoms with E-state index in [4.69, 9.17) is 5.73 Å². The third kappa shape index (κ3) is 1.33. The second kappa shape index (κ2) is 3.32. The lowest BCUT2D eigenvalue weighted by Crippen LogP contribution is -1.99. The summed E-state index contributed by atoms with van der Waals surface area (Å²) in [5, 5.41) is 0. The number of hydrogen-bond acceptors (Lipinski definition) is 1. The average molecular weight is 139 g/mol. The Kier molecular flexibility index (Phi) is 2.40. The molecule has 0 aliphatic heterocycles. The number of halogens is 1. The van der Waals surface area contributed by atoms with Crippen molar-refractivity contribution in [3.63, 3.8) is 0 Å². The molecule has 10 heavy (non-hydrogen) atoms. The molecule has 0 unspecified atom stereocenters. The van der Waals surface area contributed by atoms with E-state index >= 15 is 0 Å². The number of alkyl halides is 1. The largest absolute Gasteiger partial charge is 0.326 e.